The molecule has 0 aliphatic heterocycles. The lowest BCUT2D eigenvalue weighted by Gasteiger charge is -2.12. The van der Waals surface area contributed by atoms with E-state index >= 15 is 0 Å². The van der Waals surface area contributed by atoms with E-state index in [1.165, 1.54) is 0 Å². The quantitative estimate of drug-likeness (QED) is 0.405. The van der Waals surface area contributed by atoms with E-state index in [2.05, 4.69) is 10.3 Å². The highest BCUT2D eigenvalue weighted by Gasteiger charge is 2.32. The minimum atomic E-state index is -0.0680. The van der Waals surface area contributed by atoms with E-state index < -0.39 is 0 Å². The monoisotopic (exact) mass is 413 g/mol. The normalized spacial score (nSPS) is 11.7. The van der Waals surface area contributed by atoms with Crippen molar-refractivity contribution in [2.24, 2.45) is 0 Å². The van der Waals surface area contributed by atoms with Crippen molar-refractivity contribution in [2.75, 3.05) is 12.4 Å². The number of aromatic nitrogens is 2. The van der Waals surface area contributed by atoms with Crippen LogP contribution in [-0.4, -0.2) is 22.9 Å². The lowest BCUT2D eigenvalue weighted by atomic mass is 10.0. The van der Waals surface area contributed by atoms with E-state index in [0.29, 0.717) is 33.5 Å². The molecule has 146 valence electrons. The maximum atomic E-state index is 13.1. The Kier molecular flexibility index (Phi) is 4.45. The molecule has 0 saturated heterocycles. The van der Waals surface area contributed by atoms with Crippen LogP contribution in [0.3, 0.4) is 0 Å². The summed E-state index contributed by atoms with van der Waals surface area (Å²) >= 11 is 6.06. The summed E-state index contributed by atoms with van der Waals surface area (Å²) in [5.41, 5.74) is 4.79. The predicted octanol–water partition coefficient (Wildman–Crippen LogP) is 5.76. The molecular weight excluding hydrogens is 398 g/mol. The molecule has 0 fully saturated rings. The number of fused-ring (bicyclic) bond motifs is 3. The molecule has 0 bridgehead atoms. The average molecular weight is 414 g/mol. The molecule has 1 heterocycles. The van der Waals surface area contributed by atoms with Crippen LogP contribution in [0, 0.1) is 0 Å². The number of ether oxygens (including phenoxy) is 1. The summed E-state index contributed by atoms with van der Waals surface area (Å²) in [7, 11) is 1.62. The number of hydrogen-bond acceptors (Lipinski definition) is 5. The number of benzene rings is 3. The van der Waals surface area contributed by atoms with Gasteiger partial charge in [-0.25, -0.2) is 9.97 Å². The van der Waals surface area contributed by atoms with Crippen LogP contribution in [0.5, 0.6) is 5.75 Å². The first-order valence-electron chi connectivity index (χ1n) is 9.37. The van der Waals surface area contributed by atoms with Gasteiger partial charge in [0.25, 0.3) is 0 Å². The largest absolute Gasteiger partial charge is 0.497 e. The molecule has 1 N–H and O–H groups in total. The van der Waals surface area contributed by atoms with Gasteiger partial charge in [0.2, 0.25) is 5.95 Å². The zero-order valence-electron chi connectivity index (χ0n) is 16.0. The number of carbonyl (C=O) groups excluding carboxylic acids is 1. The molecule has 1 aliphatic rings. The molecule has 6 heteroatoms. The Balaban J connectivity index is 1.67. The van der Waals surface area contributed by atoms with Crippen LogP contribution in [0.4, 0.5) is 11.6 Å². The third-order valence-electron chi connectivity index (χ3n) is 5.03. The van der Waals surface area contributed by atoms with E-state index in [4.69, 9.17) is 21.3 Å². The lowest BCUT2D eigenvalue weighted by molar-refractivity contribution is 0.104. The highest BCUT2D eigenvalue weighted by molar-refractivity contribution is 6.30. The van der Waals surface area contributed by atoms with Crippen molar-refractivity contribution in [3.05, 3.63) is 88.9 Å². The Labute approximate surface area is 178 Å². The van der Waals surface area contributed by atoms with Crippen molar-refractivity contribution in [1.82, 2.24) is 9.97 Å². The summed E-state index contributed by atoms with van der Waals surface area (Å²) in [5.74, 6) is 1.10. The Morgan fingerprint density at radius 1 is 0.833 bits per heavy atom. The van der Waals surface area contributed by atoms with Crippen molar-refractivity contribution in [3.8, 4) is 28.3 Å². The Bertz CT molecular complexity index is 1270. The van der Waals surface area contributed by atoms with Crippen molar-refractivity contribution >= 4 is 29.0 Å². The minimum Gasteiger partial charge on any atom is -0.497 e. The number of halogens is 1. The van der Waals surface area contributed by atoms with Crippen molar-refractivity contribution in [3.63, 3.8) is 0 Å². The molecule has 4 aromatic rings. The van der Waals surface area contributed by atoms with Crippen LogP contribution < -0.4 is 10.1 Å². The van der Waals surface area contributed by atoms with Crippen molar-refractivity contribution in [1.29, 1.82) is 0 Å². The predicted molar refractivity (Wildman–Crippen MR) is 118 cm³/mol. The maximum absolute atomic E-state index is 13.1. The molecule has 1 aromatic heterocycles. The first-order valence-corrected chi connectivity index (χ1v) is 9.75. The zero-order chi connectivity index (χ0) is 20.7. The second-order valence-electron chi connectivity index (χ2n) is 6.85. The van der Waals surface area contributed by atoms with E-state index in [9.17, 15) is 4.79 Å². The van der Waals surface area contributed by atoms with Gasteiger partial charge in [0.1, 0.15) is 5.75 Å². The Morgan fingerprint density at radius 2 is 1.50 bits per heavy atom. The number of rotatable bonds is 4. The van der Waals surface area contributed by atoms with Gasteiger partial charge in [0.15, 0.2) is 5.78 Å². The molecule has 0 spiro atoms. The molecule has 3 aromatic carbocycles. The van der Waals surface area contributed by atoms with Gasteiger partial charge in [-0.05, 0) is 36.4 Å². The van der Waals surface area contributed by atoms with E-state index in [-0.39, 0.29) is 5.78 Å². The van der Waals surface area contributed by atoms with Gasteiger partial charge < -0.3 is 10.1 Å². The van der Waals surface area contributed by atoms with Gasteiger partial charge in [-0.2, -0.15) is 0 Å². The number of carbonyl (C=O) groups is 1. The smallest absolute Gasteiger partial charge is 0.228 e. The third-order valence-corrected chi connectivity index (χ3v) is 5.28. The summed E-state index contributed by atoms with van der Waals surface area (Å²) < 4.78 is 5.21. The van der Waals surface area contributed by atoms with Gasteiger partial charge in [-0.3, -0.25) is 4.79 Å². The molecule has 30 heavy (non-hydrogen) atoms. The van der Waals surface area contributed by atoms with E-state index in [1.807, 2.05) is 60.7 Å². The summed E-state index contributed by atoms with van der Waals surface area (Å²) in [6.07, 6.45) is 0. The first-order chi connectivity index (χ1) is 14.6. The number of anilines is 2. The summed E-state index contributed by atoms with van der Waals surface area (Å²) in [5, 5.41) is 3.86. The molecule has 5 rings (SSSR count). The Hall–Kier alpha value is -3.70. The maximum Gasteiger partial charge on any atom is 0.228 e. The number of ketones is 1. The molecule has 0 unspecified atom stereocenters. The molecule has 0 saturated carbocycles. The molecular formula is C24H16ClN3O2. The Morgan fingerprint density at radius 3 is 2.20 bits per heavy atom. The SMILES string of the molecule is COc1ccc(Nc2nc(-c3ccc(Cl)cc3)c3c(n2)-c2ccccc2C3=O)cc1. The van der Waals surface area contributed by atoms with Gasteiger partial charge >= 0.3 is 0 Å². The van der Waals surface area contributed by atoms with Crippen LogP contribution in [-0.2, 0) is 0 Å². The van der Waals surface area contributed by atoms with E-state index in [1.54, 1.807) is 19.2 Å². The highest BCUT2D eigenvalue weighted by Crippen LogP contribution is 2.40. The number of hydrogen-bond donors (Lipinski definition) is 1. The topological polar surface area (TPSA) is 64.1 Å². The summed E-state index contributed by atoms with van der Waals surface area (Å²) in [6, 6.07) is 22.3. The molecule has 1 aliphatic carbocycles. The molecule has 0 atom stereocenters. The average Bonchev–Trinajstić information content (AvgIpc) is 3.07. The van der Waals surface area contributed by atoms with Crippen molar-refractivity contribution < 1.29 is 9.53 Å². The fourth-order valence-electron chi connectivity index (χ4n) is 3.57. The standard InChI is InChI=1S/C24H16ClN3O2/c1-30-17-12-10-16(11-13-17)26-24-27-21(14-6-8-15(25)9-7-14)20-22(28-24)18-4-2-3-5-19(18)23(20)29/h2-13H,1H3,(H,26,27,28). The van der Waals surface area contributed by atoms with Gasteiger partial charge in [-0.1, -0.05) is 48.0 Å². The summed E-state index contributed by atoms with van der Waals surface area (Å²) in [4.78, 5) is 22.5. The highest BCUT2D eigenvalue weighted by atomic mass is 35.5. The fourth-order valence-corrected chi connectivity index (χ4v) is 3.69. The second-order valence-corrected chi connectivity index (χ2v) is 7.29. The zero-order valence-corrected chi connectivity index (χ0v) is 16.8. The van der Waals surface area contributed by atoms with Gasteiger partial charge in [0, 0.05) is 27.4 Å². The lowest BCUT2D eigenvalue weighted by Crippen LogP contribution is -2.05. The van der Waals surface area contributed by atoms with Crippen molar-refractivity contribution in [2.45, 2.75) is 0 Å². The van der Waals surface area contributed by atoms with Gasteiger partial charge in [0.05, 0.1) is 24.1 Å². The third kappa shape index (κ3) is 3.09. The number of nitrogens with zero attached hydrogens (tertiary/aromatic N) is 2. The van der Waals surface area contributed by atoms with Crippen LogP contribution in [0.1, 0.15) is 15.9 Å². The number of methoxy groups -OCH3 is 1. The fraction of sp³-hybridized carbons (Fsp3) is 0.0417. The van der Waals surface area contributed by atoms with Crippen LogP contribution >= 0.6 is 11.6 Å². The molecule has 0 amide bonds. The second kappa shape index (κ2) is 7.28. The minimum absolute atomic E-state index is 0.0680. The van der Waals surface area contributed by atoms with Crippen LogP contribution in [0.2, 0.25) is 5.02 Å². The first kappa shape index (κ1) is 18.3. The van der Waals surface area contributed by atoms with Gasteiger partial charge in [-0.15, -0.1) is 0 Å². The van der Waals surface area contributed by atoms with E-state index in [0.717, 1.165) is 22.6 Å². The van der Waals surface area contributed by atoms with Crippen LogP contribution in [0.15, 0.2) is 72.8 Å². The molecule has 0 radical (unpaired) electrons. The summed E-state index contributed by atoms with van der Waals surface area (Å²) in [6.45, 7) is 0. The van der Waals surface area contributed by atoms with Crippen LogP contribution in [0.25, 0.3) is 22.5 Å². The molecule has 5 nitrogen and oxygen atoms in total. The number of nitrogens with one attached hydrogen (secondary N) is 1.